The van der Waals surface area contributed by atoms with Crippen molar-refractivity contribution in [1.82, 2.24) is 20.5 Å². The van der Waals surface area contributed by atoms with Gasteiger partial charge in [-0.3, -0.25) is 9.89 Å². The number of halogens is 1. The van der Waals surface area contributed by atoms with Crippen LogP contribution in [-0.2, 0) is 17.6 Å². The molecule has 2 atom stereocenters. The molecule has 3 rings (SSSR count). The maximum atomic E-state index is 5.98. The van der Waals surface area contributed by atoms with E-state index in [1.165, 1.54) is 29.3 Å². The number of aryl methyl sites for hydroxylation is 1. The van der Waals surface area contributed by atoms with E-state index in [4.69, 9.17) is 4.74 Å². The number of aliphatic imine (C=N–C) groups is 1. The van der Waals surface area contributed by atoms with Gasteiger partial charge in [-0.2, -0.15) is 0 Å². The molecule has 0 saturated carbocycles. The van der Waals surface area contributed by atoms with Crippen LogP contribution in [0.1, 0.15) is 29.7 Å². The minimum Gasteiger partial charge on any atom is -0.373 e. The molecule has 1 aromatic heterocycles. The Balaban J connectivity index is 0.00000225. The fourth-order valence-electron chi connectivity index (χ4n) is 3.36. The third kappa shape index (κ3) is 6.04. The number of fused-ring (bicyclic) bond motifs is 1. The molecule has 1 aromatic rings. The van der Waals surface area contributed by atoms with Crippen LogP contribution < -0.4 is 10.6 Å². The molecule has 25 heavy (non-hydrogen) atoms. The van der Waals surface area contributed by atoms with Gasteiger partial charge in [0.1, 0.15) is 0 Å². The molecule has 2 unspecified atom stereocenters. The average molecular weight is 479 g/mol. The summed E-state index contributed by atoms with van der Waals surface area (Å²) in [4.78, 5) is 12.7. The predicted molar refractivity (Wildman–Crippen MR) is 114 cm³/mol. The molecule has 6 nitrogen and oxygen atoms in total. The van der Waals surface area contributed by atoms with Crippen molar-refractivity contribution in [3.63, 3.8) is 0 Å². The zero-order valence-corrected chi connectivity index (χ0v) is 18.3. The largest absolute Gasteiger partial charge is 0.373 e. The number of thiazole rings is 1. The molecule has 2 saturated heterocycles. The van der Waals surface area contributed by atoms with Crippen LogP contribution in [0.15, 0.2) is 11.2 Å². The van der Waals surface area contributed by atoms with Gasteiger partial charge in [0.15, 0.2) is 5.96 Å². The summed E-state index contributed by atoms with van der Waals surface area (Å²) in [5.74, 6) is 0.842. The Bertz CT molecular complexity index is 553. The predicted octanol–water partition coefficient (Wildman–Crippen LogP) is 1.89. The van der Waals surface area contributed by atoms with Crippen LogP contribution in [0.25, 0.3) is 0 Å². The Kier molecular flexibility index (Phi) is 8.88. The van der Waals surface area contributed by atoms with Crippen molar-refractivity contribution >= 4 is 41.3 Å². The highest BCUT2D eigenvalue weighted by Crippen LogP contribution is 2.22. The van der Waals surface area contributed by atoms with E-state index in [2.05, 4.69) is 32.4 Å². The highest BCUT2D eigenvalue weighted by molar-refractivity contribution is 14.0. The molecule has 2 aliphatic heterocycles. The third-order valence-corrected chi connectivity index (χ3v) is 5.96. The molecule has 0 bridgehead atoms. The molecule has 142 valence electrons. The summed E-state index contributed by atoms with van der Waals surface area (Å²) in [6.07, 6.45) is 6.84. The Morgan fingerprint density at radius 1 is 1.48 bits per heavy atom. The van der Waals surface area contributed by atoms with Gasteiger partial charge in [0.05, 0.1) is 17.7 Å². The number of nitrogens with zero attached hydrogens (tertiary/aromatic N) is 3. The lowest BCUT2D eigenvalue weighted by molar-refractivity contribution is -0.0453. The van der Waals surface area contributed by atoms with E-state index in [-0.39, 0.29) is 30.1 Å². The zero-order valence-electron chi connectivity index (χ0n) is 15.2. The minimum absolute atomic E-state index is 0. The van der Waals surface area contributed by atoms with Crippen LogP contribution in [-0.4, -0.2) is 67.8 Å². The van der Waals surface area contributed by atoms with Crippen molar-refractivity contribution in [2.75, 3.05) is 39.8 Å². The molecule has 3 heterocycles. The first-order chi connectivity index (χ1) is 11.8. The topological polar surface area (TPSA) is 61.8 Å². The number of aromatic nitrogens is 1. The number of hydrogen-bond acceptors (Lipinski definition) is 5. The van der Waals surface area contributed by atoms with Crippen molar-refractivity contribution < 1.29 is 4.74 Å². The second kappa shape index (κ2) is 10.6. The van der Waals surface area contributed by atoms with Crippen LogP contribution in [0.5, 0.6) is 0 Å². The van der Waals surface area contributed by atoms with Crippen molar-refractivity contribution in [2.24, 2.45) is 4.99 Å². The quantitative estimate of drug-likeness (QED) is 0.371. The van der Waals surface area contributed by atoms with Gasteiger partial charge < -0.3 is 15.4 Å². The van der Waals surface area contributed by atoms with Gasteiger partial charge in [-0.05, 0) is 25.8 Å². The Morgan fingerprint density at radius 3 is 3.12 bits per heavy atom. The highest BCUT2D eigenvalue weighted by Gasteiger charge is 2.32. The summed E-state index contributed by atoms with van der Waals surface area (Å²) in [6.45, 7) is 6.95. The van der Waals surface area contributed by atoms with Crippen LogP contribution >= 0.6 is 35.3 Å². The Hall–Kier alpha value is -0.450. The van der Waals surface area contributed by atoms with Gasteiger partial charge in [0, 0.05) is 50.2 Å². The zero-order chi connectivity index (χ0) is 16.8. The van der Waals surface area contributed by atoms with Gasteiger partial charge in [0.25, 0.3) is 0 Å². The van der Waals surface area contributed by atoms with E-state index in [0.717, 1.165) is 45.0 Å². The second-order valence-electron chi connectivity index (χ2n) is 6.45. The SMILES string of the molecule is CCc1cnc(CCNC(=NC)NCC2CN3CCCC3CO2)s1.I. The molecule has 0 aromatic carbocycles. The van der Waals surface area contributed by atoms with Gasteiger partial charge in [-0.25, -0.2) is 4.98 Å². The van der Waals surface area contributed by atoms with Gasteiger partial charge in [0.2, 0.25) is 0 Å². The summed E-state index contributed by atoms with van der Waals surface area (Å²) in [5.41, 5.74) is 0. The lowest BCUT2D eigenvalue weighted by Gasteiger charge is -2.35. The first kappa shape index (κ1) is 20.9. The number of rotatable bonds is 6. The molecule has 2 aliphatic rings. The molecule has 0 amide bonds. The van der Waals surface area contributed by atoms with E-state index in [1.807, 2.05) is 13.2 Å². The summed E-state index contributed by atoms with van der Waals surface area (Å²) in [6, 6.07) is 0.657. The number of hydrogen-bond donors (Lipinski definition) is 2. The molecule has 2 N–H and O–H groups in total. The maximum absolute atomic E-state index is 5.98. The third-order valence-electron chi connectivity index (χ3n) is 4.76. The summed E-state index contributed by atoms with van der Waals surface area (Å²) >= 11 is 1.80. The summed E-state index contributed by atoms with van der Waals surface area (Å²) in [5, 5.41) is 7.94. The van der Waals surface area contributed by atoms with Crippen LogP contribution in [0.2, 0.25) is 0 Å². The normalized spacial score (nSPS) is 23.8. The van der Waals surface area contributed by atoms with E-state index in [1.54, 1.807) is 11.3 Å². The van der Waals surface area contributed by atoms with Crippen LogP contribution in [0.4, 0.5) is 0 Å². The molecular formula is C17H30IN5OS. The van der Waals surface area contributed by atoms with Crippen molar-refractivity contribution in [2.45, 2.75) is 44.8 Å². The first-order valence-electron chi connectivity index (χ1n) is 9.02. The summed E-state index contributed by atoms with van der Waals surface area (Å²) in [7, 11) is 1.81. The van der Waals surface area contributed by atoms with Gasteiger partial charge in [-0.15, -0.1) is 35.3 Å². The average Bonchev–Trinajstić information content (AvgIpc) is 3.26. The molecule has 2 fully saturated rings. The van der Waals surface area contributed by atoms with Crippen LogP contribution in [0.3, 0.4) is 0 Å². The van der Waals surface area contributed by atoms with Crippen molar-refractivity contribution in [3.05, 3.63) is 16.1 Å². The van der Waals surface area contributed by atoms with E-state index in [9.17, 15) is 0 Å². The van der Waals surface area contributed by atoms with Crippen molar-refractivity contribution in [1.29, 1.82) is 0 Å². The smallest absolute Gasteiger partial charge is 0.191 e. The fourth-order valence-corrected chi connectivity index (χ4v) is 4.22. The highest BCUT2D eigenvalue weighted by atomic mass is 127. The second-order valence-corrected chi connectivity index (χ2v) is 7.65. The number of morpholine rings is 1. The van der Waals surface area contributed by atoms with Gasteiger partial charge in [-0.1, -0.05) is 6.92 Å². The van der Waals surface area contributed by atoms with E-state index in [0.29, 0.717) is 6.04 Å². The fraction of sp³-hybridized carbons (Fsp3) is 0.765. The number of guanidine groups is 1. The molecule has 0 spiro atoms. The lowest BCUT2D eigenvalue weighted by Crippen LogP contribution is -2.51. The lowest BCUT2D eigenvalue weighted by atomic mass is 10.2. The maximum Gasteiger partial charge on any atom is 0.191 e. The Labute approximate surface area is 171 Å². The van der Waals surface area contributed by atoms with Crippen molar-refractivity contribution in [3.8, 4) is 0 Å². The molecule has 8 heteroatoms. The Morgan fingerprint density at radius 2 is 2.36 bits per heavy atom. The molecular weight excluding hydrogens is 449 g/mol. The molecule has 0 radical (unpaired) electrons. The van der Waals surface area contributed by atoms with Crippen LogP contribution in [0, 0.1) is 0 Å². The van der Waals surface area contributed by atoms with E-state index < -0.39 is 0 Å². The van der Waals surface area contributed by atoms with Gasteiger partial charge >= 0.3 is 0 Å². The number of nitrogens with one attached hydrogen (secondary N) is 2. The summed E-state index contributed by atoms with van der Waals surface area (Å²) < 4.78 is 5.98. The minimum atomic E-state index is 0. The standard InChI is InChI=1S/C17H29N5OS.HI/c1-3-15-10-20-16(24-15)6-7-19-17(18-2)21-9-14-11-22-8-4-5-13(22)12-23-14;/h10,13-14H,3-9,11-12H2,1-2H3,(H2,18,19,21);1H. The van der Waals surface area contributed by atoms with E-state index >= 15 is 0 Å². The first-order valence-corrected chi connectivity index (χ1v) is 9.84. The molecule has 0 aliphatic carbocycles. The number of ether oxygens (including phenoxy) is 1. The monoisotopic (exact) mass is 479 g/mol.